The van der Waals surface area contributed by atoms with Crippen molar-refractivity contribution in [3.05, 3.63) is 24.3 Å². The summed E-state index contributed by atoms with van der Waals surface area (Å²) in [4.78, 5) is 13.7. The third kappa shape index (κ3) is 5.51. The van der Waals surface area contributed by atoms with Gasteiger partial charge >= 0.3 is 0 Å². The minimum Gasteiger partial charge on any atom is -0.381 e. The van der Waals surface area contributed by atoms with Crippen molar-refractivity contribution in [2.45, 2.75) is 30.7 Å². The summed E-state index contributed by atoms with van der Waals surface area (Å²) in [5.41, 5.74) is 0.581. The highest BCUT2D eigenvalue weighted by Crippen LogP contribution is 2.24. The topological polar surface area (TPSA) is 88.2 Å². The van der Waals surface area contributed by atoms with Crippen LogP contribution in [0.2, 0.25) is 0 Å². The van der Waals surface area contributed by atoms with Gasteiger partial charge in [0.05, 0.1) is 18.1 Å². The first kappa shape index (κ1) is 21.2. The fourth-order valence-electron chi connectivity index (χ4n) is 3.59. The lowest BCUT2D eigenvalue weighted by atomic mass is 10.1. The third-order valence-electron chi connectivity index (χ3n) is 5.12. The quantitative estimate of drug-likeness (QED) is 0.724. The summed E-state index contributed by atoms with van der Waals surface area (Å²) in [6.45, 7) is 6.74. The van der Waals surface area contributed by atoms with E-state index in [-0.39, 0.29) is 16.8 Å². The van der Waals surface area contributed by atoms with Crippen LogP contribution in [0.25, 0.3) is 0 Å². The van der Waals surface area contributed by atoms with Gasteiger partial charge in [-0.1, -0.05) is 0 Å². The van der Waals surface area contributed by atoms with Crippen LogP contribution in [0, 0.1) is 0 Å². The fourth-order valence-corrected chi connectivity index (χ4v) is 5.26. The normalized spacial score (nSPS) is 19.6. The van der Waals surface area contributed by atoms with E-state index >= 15 is 0 Å². The van der Waals surface area contributed by atoms with Gasteiger partial charge in [-0.3, -0.25) is 9.69 Å². The van der Waals surface area contributed by atoms with Crippen molar-refractivity contribution in [2.75, 3.05) is 57.9 Å². The Morgan fingerprint density at radius 2 is 1.71 bits per heavy atom. The van der Waals surface area contributed by atoms with Gasteiger partial charge in [0.1, 0.15) is 0 Å². The van der Waals surface area contributed by atoms with Crippen molar-refractivity contribution < 1.29 is 22.7 Å². The number of hydrogen-bond acceptors (Lipinski definition) is 6. The van der Waals surface area contributed by atoms with Gasteiger partial charge in [-0.25, -0.2) is 8.42 Å². The monoisotopic (exact) mass is 411 g/mol. The summed E-state index contributed by atoms with van der Waals surface area (Å²) >= 11 is 0. The van der Waals surface area contributed by atoms with Crippen molar-refractivity contribution in [3.8, 4) is 0 Å². The number of anilines is 1. The van der Waals surface area contributed by atoms with Crippen LogP contribution in [0.4, 0.5) is 5.69 Å². The van der Waals surface area contributed by atoms with E-state index < -0.39 is 10.0 Å². The molecular weight excluding hydrogens is 382 g/mol. The van der Waals surface area contributed by atoms with Crippen molar-refractivity contribution in [1.29, 1.82) is 0 Å². The lowest BCUT2D eigenvalue weighted by Gasteiger charge is -2.35. The van der Waals surface area contributed by atoms with Crippen LogP contribution < -0.4 is 5.32 Å². The Hall–Kier alpha value is -1.52. The van der Waals surface area contributed by atoms with E-state index in [1.54, 1.807) is 28.6 Å². The molecule has 0 atom stereocenters. The Morgan fingerprint density at radius 3 is 2.32 bits per heavy atom. The van der Waals surface area contributed by atoms with E-state index in [9.17, 15) is 13.2 Å². The van der Waals surface area contributed by atoms with Gasteiger partial charge in [-0.15, -0.1) is 0 Å². The van der Waals surface area contributed by atoms with Crippen molar-refractivity contribution in [1.82, 2.24) is 9.21 Å². The number of nitrogens with one attached hydrogen (secondary N) is 1. The summed E-state index contributed by atoms with van der Waals surface area (Å²) in [6, 6.07) is 6.30. The number of hydrogen-bond donors (Lipinski definition) is 1. The number of morpholine rings is 1. The first-order valence-corrected chi connectivity index (χ1v) is 11.2. The summed E-state index contributed by atoms with van der Waals surface area (Å²) in [6.07, 6.45) is 1.40. The Kier molecular flexibility index (Phi) is 7.42. The molecule has 2 aliphatic rings. The second kappa shape index (κ2) is 9.80. The van der Waals surface area contributed by atoms with E-state index in [0.29, 0.717) is 58.0 Å². The van der Waals surface area contributed by atoms with Gasteiger partial charge in [-0.2, -0.15) is 4.31 Å². The average Bonchev–Trinajstić information content (AvgIpc) is 2.69. The highest BCUT2D eigenvalue weighted by Gasteiger charge is 2.33. The SMILES string of the molecule is CC(=O)Nc1ccc(S(=O)(=O)N(CCN2CCOCC2)C2CCOCC2)cc1. The fraction of sp³-hybridized carbons (Fsp3) is 0.632. The summed E-state index contributed by atoms with van der Waals surface area (Å²) in [5, 5.41) is 2.66. The molecule has 1 aromatic carbocycles. The van der Waals surface area contributed by atoms with Crippen LogP contribution in [0.3, 0.4) is 0 Å². The largest absolute Gasteiger partial charge is 0.381 e. The standard InChI is InChI=1S/C19H29N3O5S/c1-16(23)20-17-2-4-19(5-3-17)28(24,25)22(18-6-12-26-13-7-18)9-8-21-10-14-27-15-11-21/h2-5,18H,6-15H2,1H3,(H,20,23). The molecule has 1 amide bonds. The lowest BCUT2D eigenvalue weighted by Crippen LogP contribution is -2.48. The van der Waals surface area contributed by atoms with E-state index in [1.165, 1.54) is 6.92 Å². The van der Waals surface area contributed by atoms with Crippen molar-refractivity contribution in [2.24, 2.45) is 0 Å². The molecule has 0 spiro atoms. The first-order chi connectivity index (χ1) is 13.5. The van der Waals surface area contributed by atoms with Gasteiger partial charge in [0.15, 0.2) is 0 Å². The van der Waals surface area contributed by atoms with Gasteiger partial charge < -0.3 is 14.8 Å². The van der Waals surface area contributed by atoms with Gasteiger partial charge in [0.2, 0.25) is 15.9 Å². The minimum absolute atomic E-state index is 0.0604. The summed E-state index contributed by atoms with van der Waals surface area (Å²) < 4.78 is 39.2. The molecule has 0 saturated carbocycles. The maximum Gasteiger partial charge on any atom is 0.243 e. The summed E-state index contributed by atoms with van der Waals surface area (Å²) in [7, 11) is -3.64. The van der Waals surface area contributed by atoms with Crippen LogP contribution >= 0.6 is 0 Å². The Labute approximate surface area is 166 Å². The molecular formula is C19H29N3O5S. The van der Waals surface area contributed by atoms with E-state index in [1.807, 2.05) is 0 Å². The zero-order valence-corrected chi connectivity index (χ0v) is 17.1. The predicted molar refractivity (Wildman–Crippen MR) is 106 cm³/mol. The van der Waals surface area contributed by atoms with E-state index in [4.69, 9.17) is 9.47 Å². The van der Waals surface area contributed by atoms with E-state index in [2.05, 4.69) is 10.2 Å². The molecule has 2 fully saturated rings. The Balaban J connectivity index is 1.77. The molecule has 1 N–H and O–H groups in total. The minimum atomic E-state index is -3.64. The van der Waals surface area contributed by atoms with Crippen LogP contribution in [0.1, 0.15) is 19.8 Å². The highest BCUT2D eigenvalue weighted by atomic mass is 32.2. The molecule has 1 aromatic rings. The predicted octanol–water partition coefficient (Wildman–Crippen LogP) is 1.15. The second-order valence-electron chi connectivity index (χ2n) is 7.12. The maximum absolute atomic E-state index is 13.4. The van der Waals surface area contributed by atoms with Gasteiger partial charge in [0.25, 0.3) is 0 Å². The lowest BCUT2D eigenvalue weighted by molar-refractivity contribution is -0.114. The van der Waals surface area contributed by atoms with Crippen molar-refractivity contribution >= 4 is 21.6 Å². The smallest absolute Gasteiger partial charge is 0.243 e. The number of amides is 1. The van der Waals surface area contributed by atoms with Gasteiger partial charge in [0, 0.05) is 58.0 Å². The molecule has 0 radical (unpaired) electrons. The molecule has 3 rings (SSSR count). The molecule has 0 aliphatic carbocycles. The maximum atomic E-state index is 13.4. The zero-order chi connectivity index (χ0) is 20.0. The molecule has 2 heterocycles. The van der Waals surface area contributed by atoms with Crippen LogP contribution in [0.5, 0.6) is 0 Å². The molecule has 2 saturated heterocycles. The highest BCUT2D eigenvalue weighted by molar-refractivity contribution is 7.89. The number of carbonyl (C=O) groups excluding carboxylic acids is 1. The van der Waals surface area contributed by atoms with Crippen molar-refractivity contribution in [3.63, 3.8) is 0 Å². The Bertz CT molecular complexity index is 741. The Morgan fingerprint density at radius 1 is 1.11 bits per heavy atom. The second-order valence-corrected chi connectivity index (χ2v) is 9.01. The van der Waals surface area contributed by atoms with Gasteiger partial charge in [-0.05, 0) is 37.1 Å². The average molecular weight is 412 g/mol. The van der Waals surface area contributed by atoms with Crippen LogP contribution in [0.15, 0.2) is 29.2 Å². The number of nitrogens with zero attached hydrogens (tertiary/aromatic N) is 2. The number of benzene rings is 1. The summed E-state index contributed by atoms with van der Waals surface area (Å²) in [5.74, 6) is -0.190. The molecule has 156 valence electrons. The number of sulfonamides is 1. The molecule has 0 unspecified atom stereocenters. The molecule has 0 bridgehead atoms. The zero-order valence-electron chi connectivity index (χ0n) is 16.3. The number of rotatable bonds is 7. The third-order valence-corrected chi connectivity index (χ3v) is 7.09. The van der Waals surface area contributed by atoms with Crippen LogP contribution in [-0.2, 0) is 24.3 Å². The first-order valence-electron chi connectivity index (χ1n) is 9.74. The molecule has 8 nitrogen and oxygen atoms in total. The molecule has 2 aliphatic heterocycles. The number of ether oxygens (including phenoxy) is 2. The molecule has 28 heavy (non-hydrogen) atoms. The molecule has 9 heteroatoms. The van der Waals surface area contributed by atoms with E-state index in [0.717, 1.165) is 13.1 Å². The van der Waals surface area contributed by atoms with Crippen LogP contribution in [-0.4, -0.2) is 82.2 Å². The number of carbonyl (C=O) groups is 1. The molecule has 0 aromatic heterocycles.